The number of amides is 1. The third-order valence-electron chi connectivity index (χ3n) is 4.51. The number of hydrogen-bond donors (Lipinski definition) is 3. The van der Waals surface area contributed by atoms with Crippen LogP contribution < -0.4 is 15.4 Å². The maximum absolute atomic E-state index is 12.4. The Morgan fingerprint density at radius 3 is 2.42 bits per heavy atom. The fraction of sp³-hybridized carbons (Fsp3) is 0.263. The number of carbonyl (C=O) groups is 1. The summed E-state index contributed by atoms with van der Waals surface area (Å²) in [5.74, 6) is -0.537. The van der Waals surface area contributed by atoms with E-state index in [1.54, 1.807) is 0 Å². The highest BCUT2D eigenvalue weighted by Gasteiger charge is 2.20. The van der Waals surface area contributed by atoms with E-state index in [0.717, 1.165) is 12.8 Å². The minimum Gasteiger partial charge on any atom is -0.377 e. The van der Waals surface area contributed by atoms with E-state index in [1.807, 2.05) is 0 Å². The van der Waals surface area contributed by atoms with Gasteiger partial charge in [0.05, 0.1) is 15.9 Å². The molecule has 10 nitrogen and oxygen atoms in total. The first kappa shape index (κ1) is 22.7. The Morgan fingerprint density at radius 2 is 1.84 bits per heavy atom. The number of nitro benzene ring substituents is 1. The highest BCUT2D eigenvalue weighted by Crippen LogP contribution is 2.16. The third-order valence-corrected chi connectivity index (χ3v) is 6.16. The number of benzene rings is 2. The van der Waals surface area contributed by atoms with Gasteiger partial charge in [-0.3, -0.25) is 20.2 Å². The second kappa shape index (κ2) is 9.92. The largest absolute Gasteiger partial charge is 0.377 e. The number of nitro groups is 1. The van der Waals surface area contributed by atoms with Gasteiger partial charge in [-0.25, -0.2) is 13.1 Å². The summed E-state index contributed by atoms with van der Waals surface area (Å²) in [5, 5.41) is 15.9. The molecule has 0 aromatic heterocycles. The maximum atomic E-state index is 12.4. The van der Waals surface area contributed by atoms with E-state index in [1.165, 1.54) is 48.5 Å². The van der Waals surface area contributed by atoms with E-state index in [9.17, 15) is 23.3 Å². The van der Waals surface area contributed by atoms with Gasteiger partial charge in [-0.05, 0) is 61.5 Å². The summed E-state index contributed by atoms with van der Waals surface area (Å²) in [6, 6.07) is 10.9. The quantitative estimate of drug-likeness (QED) is 0.322. The predicted octanol–water partition coefficient (Wildman–Crippen LogP) is 2.18. The lowest BCUT2D eigenvalue weighted by Gasteiger charge is -2.12. The molecule has 12 heteroatoms. The molecule has 2 aromatic rings. The first-order valence-electron chi connectivity index (χ1n) is 9.33. The molecule has 0 saturated carbocycles. The highest BCUT2D eigenvalue weighted by atomic mass is 32.2. The standard InChI is InChI=1S/C19H20N4O6S2/c24-18(13-3-7-15(8-4-13)23(25)26)22-19(30)21-14-5-9-17(10-6-14)31(27,28)20-12-16-2-1-11-29-16/h3-10,16,20H,1-2,11-12H2,(H2,21,22,24,30). The lowest BCUT2D eigenvalue weighted by atomic mass is 10.2. The van der Waals surface area contributed by atoms with Gasteiger partial charge in [-0.1, -0.05) is 0 Å². The van der Waals surface area contributed by atoms with E-state index in [2.05, 4.69) is 15.4 Å². The van der Waals surface area contributed by atoms with E-state index < -0.39 is 20.9 Å². The topological polar surface area (TPSA) is 140 Å². The minimum atomic E-state index is -3.67. The number of nitrogens with zero attached hydrogens (tertiary/aromatic N) is 1. The number of rotatable bonds is 7. The molecule has 31 heavy (non-hydrogen) atoms. The molecular formula is C19H20N4O6S2. The van der Waals surface area contributed by atoms with Crippen molar-refractivity contribution in [2.45, 2.75) is 23.8 Å². The van der Waals surface area contributed by atoms with Gasteiger partial charge < -0.3 is 10.1 Å². The Kier molecular flexibility index (Phi) is 7.28. The van der Waals surface area contributed by atoms with E-state index in [4.69, 9.17) is 17.0 Å². The number of anilines is 1. The molecule has 1 saturated heterocycles. The minimum absolute atomic E-state index is 0.00420. The Balaban J connectivity index is 1.54. The van der Waals surface area contributed by atoms with Crippen molar-refractivity contribution in [3.63, 3.8) is 0 Å². The summed E-state index contributed by atoms with van der Waals surface area (Å²) >= 11 is 5.09. The fourth-order valence-electron chi connectivity index (χ4n) is 2.88. The average molecular weight is 465 g/mol. The first-order chi connectivity index (χ1) is 14.7. The molecule has 1 aliphatic rings. The van der Waals surface area contributed by atoms with Crippen molar-refractivity contribution in [1.82, 2.24) is 10.0 Å². The van der Waals surface area contributed by atoms with Crippen LogP contribution in [0.5, 0.6) is 0 Å². The summed E-state index contributed by atoms with van der Waals surface area (Å²) in [7, 11) is -3.67. The summed E-state index contributed by atoms with van der Waals surface area (Å²) < 4.78 is 32.7. The lowest BCUT2D eigenvalue weighted by Crippen LogP contribution is -2.34. The van der Waals surface area contributed by atoms with Gasteiger partial charge >= 0.3 is 0 Å². The second-order valence-electron chi connectivity index (χ2n) is 6.72. The Bertz CT molecular complexity index is 1070. The van der Waals surface area contributed by atoms with Crippen LogP contribution in [0.15, 0.2) is 53.4 Å². The van der Waals surface area contributed by atoms with Gasteiger partial charge in [0.15, 0.2) is 5.11 Å². The van der Waals surface area contributed by atoms with Crippen LogP contribution in [0.4, 0.5) is 11.4 Å². The number of nitrogens with one attached hydrogen (secondary N) is 3. The van der Waals surface area contributed by atoms with Gasteiger partial charge in [0, 0.05) is 36.5 Å². The van der Waals surface area contributed by atoms with Crippen LogP contribution in [-0.4, -0.2) is 43.6 Å². The molecule has 1 amide bonds. The van der Waals surface area contributed by atoms with Crippen LogP contribution in [0, 0.1) is 10.1 Å². The lowest BCUT2D eigenvalue weighted by molar-refractivity contribution is -0.384. The molecule has 164 valence electrons. The highest BCUT2D eigenvalue weighted by molar-refractivity contribution is 7.89. The summed E-state index contributed by atoms with van der Waals surface area (Å²) in [4.78, 5) is 22.4. The van der Waals surface area contributed by atoms with Crippen LogP contribution in [-0.2, 0) is 14.8 Å². The molecule has 1 unspecified atom stereocenters. The van der Waals surface area contributed by atoms with Crippen LogP contribution in [0.2, 0.25) is 0 Å². The van der Waals surface area contributed by atoms with Gasteiger partial charge in [-0.15, -0.1) is 0 Å². The van der Waals surface area contributed by atoms with Crippen molar-refractivity contribution in [1.29, 1.82) is 0 Å². The number of non-ortho nitro benzene ring substituents is 1. The maximum Gasteiger partial charge on any atom is 0.269 e. The van der Waals surface area contributed by atoms with Crippen molar-refractivity contribution < 1.29 is 22.9 Å². The van der Waals surface area contributed by atoms with Crippen LogP contribution in [0.3, 0.4) is 0 Å². The van der Waals surface area contributed by atoms with Crippen molar-refractivity contribution in [3.8, 4) is 0 Å². The number of sulfonamides is 1. The van der Waals surface area contributed by atoms with E-state index >= 15 is 0 Å². The fourth-order valence-corrected chi connectivity index (χ4v) is 4.16. The zero-order valence-electron chi connectivity index (χ0n) is 16.2. The summed E-state index contributed by atoms with van der Waals surface area (Å²) in [6.45, 7) is 0.870. The molecule has 0 spiro atoms. The number of carbonyl (C=O) groups excluding carboxylic acids is 1. The van der Waals surface area contributed by atoms with Crippen LogP contribution in [0.25, 0.3) is 0 Å². The Labute approximate surface area is 184 Å². The smallest absolute Gasteiger partial charge is 0.269 e. The number of ether oxygens (including phenoxy) is 1. The molecule has 0 radical (unpaired) electrons. The van der Waals surface area contributed by atoms with Crippen LogP contribution >= 0.6 is 12.2 Å². The molecular weight excluding hydrogens is 444 g/mol. The number of thiocarbonyl (C=S) groups is 1. The molecule has 3 N–H and O–H groups in total. The number of hydrogen-bond acceptors (Lipinski definition) is 7. The van der Waals surface area contributed by atoms with Gasteiger partial charge in [0.2, 0.25) is 10.0 Å². The zero-order chi connectivity index (χ0) is 22.4. The van der Waals surface area contributed by atoms with Crippen molar-refractivity contribution >= 4 is 44.6 Å². The van der Waals surface area contributed by atoms with Gasteiger partial charge in [0.25, 0.3) is 11.6 Å². The molecule has 1 aliphatic heterocycles. The van der Waals surface area contributed by atoms with E-state index in [0.29, 0.717) is 12.3 Å². The monoisotopic (exact) mass is 464 g/mol. The predicted molar refractivity (Wildman–Crippen MR) is 117 cm³/mol. The van der Waals surface area contributed by atoms with Gasteiger partial charge in [-0.2, -0.15) is 0 Å². The average Bonchev–Trinajstić information content (AvgIpc) is 3.26. The molecule has 2 aromatic carbocycles. The second-order valence-corrected chi connectivity index (χ2v) is 8.90. The third kappa shape index (κ3) is 6.28. The summed E-state index contributed by atoms with van der Waals surface area (Å²) in [6.07, 6.45) is 1.65. The normalized spacial score (nSPS) is 15.9. The first-order valence-corrected chi connectivity index (χ1v) is 11.2. The molecule has 3 rings (SSSR count). The molecule has 0 bridgehead atoms. The Morgan fingerprint density at radius 1 is 1.16 bits per heavy atom. The zero-order valence-corrected chi connectivity index (χ0v) is 17.9. The Hall–Kier alpha value is -2.93. The van der Waals surface area contributed by atoms with E-state index in [-0.39, 0.29) is 33.9 Å². The molecule has 1 atom stereocenters. The van der Waals surface area contributed by atoms with Crippen molar-refractivity contribution in [3.05, 3.63) is 64.2 Å². The van der Waals surface area contributed by atoms with Crippen LogP contribution in [0.1, 0.15) is 23.2 Å². The summed E-state index contributed by atoms with van der Waals surface area (Å²) in [5.41, 5.74) is 0.554. The molecule has 0 aliphatic carbocycles. The van der Waals surface area contributed by atoms with Gasteiger partial charge in [0.1, 0.15) is 0 Å². The molecule has 1 fully saturated rings. The molecule has 1 heterocycles. The van der Waals surface area contributed by atoms with Crippen molar-refractivity contribution in [2.24, 2.45) is 0 Å². The van der Waals surface area contributed by atoms with Crippen molar-refractivity contribution in [2.75, 3.05) is 18.5 Å². The SMILES string of the molecule is O=C(NC(=S)Nc1ccc(S(=O)(=O)NCC2CCCO2)cc1)c1ccc([N+](=O)[O-])cc1.